The number of anilines is 1. The zero-order valence-corrected chi connectivity index (χ0v) is 8.44. The Bertz CT molecular complexity index is 444. The molecule has 0 aromatic carbocycles. The van der Waals surface area contributed by atoms with Gasteiger partial charge in [-0.2, -0.15) is 5.10 Å². The number of nitrogen functional groups attached to an aromatic ring is 1. The van der Waals surface area contributed by atoms with E-state index in [0.717, 1.165) is 17.8 Å². The summed E-state index contributed by atoms with van der Waals surface area (Å²) in [4.78, 5) is 4.18. The lowest BCUT2D eigenvalue weighted by Crippen LogP contribution is -1.98. The Labute approximate surface area is 82.8 Å². The van der Waals surface area contributed by atoms with Crippen LogP contribution >= 0.6 is 0 Å². The Morgan fingerprint density at radius 1 is 1.50 bits per heavy atom. The molecule has 0 aliphatic heterocycles. The standard InChI is InChI=1S/C10H14N4/c1-7(2)6-8-9(11)10-12-4-3-5-14(10)13-8/h3-5,7H,6,11H2,1-2H3. The molecule has 0 unspecified atom stereocenters. The second-order valence-corrected chi connectivity index (χ2v) is 3.85. The maximum atomic E-state index is 5.94. The van der Waals surface area contributed by atoms with Gasteiger partial charge in [0.1, 0.15) is 5.69 Å². The maximum Gasteiger partial charge on any atom is 0.178 e. The lowest BCUT2D eigenvalue weighted by atomic mass is 10.1. The third kappa shape index (κ3) is 1.43. The van der Waals surface area contributed by atoms with Gasteiger partial charge in [-0.1, -0.05) is 13.8 Å². The maximum absolute atomic E-state index is 5.94. The molecule has 0 radical (unpaired) electrons. The van der Waals surface area contributed by atoms with Crippen LogP contribution in [0.4, 0.5) is 5.69 Å². The predicted octanol–water partition coefficient (Wildman–Crippen LogP) is 1.51. The van der Waals surface area contributed by atoms with Gasteiger partial charge >= 0.3 is 0 Å². The second kappa shape index (κ2) is 3.29. The lowest BCUT2D eigenvalue weighted by molar-refractivity contribution is 0.631. The van der Waals surface area contributed by atoms with Crippen LogP contribution in [-0.2, 0) is 6.42 Å². The van der Waals surface area contributed by atoms with E-state index >= 15 is 0 Å². The van der Waals surface area contributed by atoms with E-state index in [9.17, 15) is 0 Å². The molecule has 0 aliphatic rings. The Balaban J connectivity index is 2.51. The van der Waals surface area contributed by atoms with Crippen molar-refractivity contribution in [3.8, 4) is 0 Å². The van der Waals surface area contributed by atoms with Crippen LogP contribution in [0.25, 0.3) is 5.65 Å². The van der Waals surface area contributed by atoms with Crippen LogP contribution in [0.2, 0.25) is 0 Å². The minimum Gasteiger partial charge on any atom is -0.394 e. The zero-order valence-electron chi connectivity index (χ0n) is 8.44. The molecule has 2 heterocycles. The van der Waals surface area contributed by atoms with Crippen LogP contribution in [0.15, 0.2) is 18.5 Å². The number of hydrogen-bond donors (Lipinski definition) is 1. The molecule has 14 heavy (non-hydrogen) atoms. The highest BCUT2D eigenvalue weighted by molar-refractivity contribution is 5.67. The summed E-state index contributed by atoms with van der Waals surface area (Å²) < 4.78 is 1.73. The average molecular weight is 190 g/mol. The van der Waals surface area contributed by atoms with E-state index in [1.807, 2.05) is 12.3 Å². The van der Waals surface area contributed by atoms with Crippen LogP contribution in [0.1, 0.15) is 19.5 Å². The predicted molar refractivity (Wildman–Crippen MR) is 55.9 cm³/mol. The van der Waals surface area contributed by atoms with Crippen molar-refractivity contribution in [3.05, 3.63) is 24.2 Å². The van der Waals surface area contributed by atoms with Crippen molar-refractivity contribution in [2.45, 2.75) is 20.3 Å². The zero-order chi connectivity index (χ0) is 10.1. The van der Waals surface area contributed by atoms with Crippen LogP contribution in [-0.4, -0.2) is 14.6 Å². The molecule has 2 aromatic rings. The van der Waals surface area contributed by atoms with E-state index in [4.69, 9.17) is 5.73 Å². The first-order valence-corrected chi connectivity index (χ1v) is 4.76. The number of fused-ring (bicyclic) bond motifs is 1. The summed E-state index contributed by atoms with van der Waals surface area (Å²) in [5.74, 6) is 0.558. The van der Waals surface area contributed by atoms with Gasteiger partial charge in [0.05, 0.1) is 5.69 Å². The summed E-state index contributed by atoms with van der Waals surface area (Å²) in [6.45, 7) is 4.30. The van der Waals surface area contributed by atoms with Gasteiger partial charge in [-0.25, -0.2) is 9.50 Å². The van der Waals surface area contributed by atoms with Crippen LogP contribution in [0.5, 0.6) is 0 Å². The molecule has 4 heteroatoms. The fourth-order valence-electron chi connectivity index (χ4n) is 1.49. The topological polar surface area (TPSA) is 56.2 Å². The third-order valence-electron chi connectivity index (χ3n) is 2.11. The van der Waals surface area contributed by atoms with Gasteiger partial charge in [0, 0.05) is 12.4 Å². The van der Waals surface area contributed by atoms with Crippen LogP contribution < -0.4 is 5.73 Å². The molecule has 0 saturated heterocycles. The summed E-state index contributed by atoms with van der Waals surface area (Å²) in [5, 5.41) is 4.38. The van der Waals surface area contributed by atoms with E-state index in [1.165, 1.54) is 0 Å². The summed E-state index contributed by atoms with van der Waals surface area (Å²) in [7, 11) is 0. The molecule has 2 rings (SSSR count). The molecule has 2 aromatic heterocycles. The van der Waals surface area contributed by atoms with Gasteiger partial charge in [0.25, 0.3) is 0 Å². The number of hydrogen-bond acceptors (Lipinski definition) is 3. The summed E-state index contributed by atoms with van der Waals surface area (Å²) in [6.07, 6.45) is 4.49. The van der Waals surface area contributed by atoms with E-state index in [1.54, 1.807) is 10.7 Å². The van der Waals surface area contributed by atoms with Gasteiger partial charge < -0.3 is 5.73 Å². The normalized spacial score (nSPS) is 11.4. The molecule has 0 bridgehead atoms. The lowest BCUT2D eigenvalue weighted by Gasteiger charge is -2.00. The number of aromatic nitrogens is 3. The summed E-state index contributed by atoms with van der Waals surface area (Å²) >= 11 is 0. The highest BCUT2D eigenvalue weighted by atomic mass is 15.3. The fourth-order valence-corrected chi connectivity index (χ4v) is 1.49. The number of nitrogens with two attached hydrogens (primary N) is 1. The van der Waals surface area contributed by atoms with Gasteiger partial charge in [0.2, 0.25) is 0 Å². The van der Waals surface area contributed by atoms with Crippen molar-refractivity contribution >= 4 is 11.3 Å². The molecular weight excluding hydrogens is 176 g/mol. The van der Waals surface area contributed by atoms with Gasteiger partial charge in [0.15, 0.2) is 5.65 Å². The van der Waals surface area contributed by atoms with Crippen molar-refractivity contribution in [2.24, 2.45) is 5.92 Å². The largest absolute Gasteiger partial charge is 0.394 e. The molecule has 74 valence electrons. The third-order valence-corrected chi connectivity index (χ3v) is 2.11. The van der Waals surface area contributed by atoms with Crippen molar-refractivity contribution in [2.75, 3.05) is 5.73 Å². The Morgan fingerprint density at radius 3 is 2.93 bits per heavy atom. The minimum atomic E-state index is 0.558. The quantitative estimate of drug-likeness (QED) is 0.781. The smallest absolute Gasteiger partial charge is 0.178 e. The highest BCUT2D eigenvalue weighted by Crippen LogP contribution is 2.18. The molecule has 2 N–H and O–H groups in total. The van der Waals surface area contributed by atoms with E-state index in [0.29, 0.717) is 11.6 Å². The van der Waals surface area contributed by atoms with Gasteiger partial charge in [-0.3, -0.25) is 0 Å². The molecule has 0 amide bonds. The van der Waals surface area contributed by atoms with Gasteiger partial charge in [-0.05, 0) is 18.4 Å². The Morgan fingerprint density at radius 2 is 2.29 bits per heavy atom. The Kier molecular flexibility index (Phi) is 2.11. The van der Waals surface area contributed by atoms with E-state index in [-0.39, 0.29) is 0 Å². The monoisotopic (exact) mass is 190 g/mol. The van der Waals surface area contributed by atoms with Crippen molar-refractivity contribution < 1.29 is 0 Å². The summed E-state index contributed by atoms with van der Waals surface area (Å²) in [5.41, 5.74) is 8.35. The molecule has 4 nitrogen and oxygen atoms in total. The first-order chi connectivity index (χ1) is 6.68. The van der Waals surface area contributed by atoms with Crippen LogP contribution in [0, 0.1) is 5.92 Å². The van der Waals surface area contributed by atoms with E-state index in [2.05, 4.69) is 23.9 Å². The van der Waals surface area contributed by atoms with E-state index < -0.39 is 0 Å². The number of rotatable bonds is 2. The fraction of sp³-hybridized carbons (Fsp3) is 0.400. The van der Waals surface area contributed by atoms with Crippen LogP contribution in [0.3, 0.4) is 0 Å². The molecule has 0 fully saturated rings. The first kappa shape index (κ1) is 8.99. The highest BCUT2D eigenvalue weighted by Gasteiger charge is 2.10. The van der Waals surface area contributed by atoms with Gasteiger partial charge in [-0.15, -0.1) is 0 Å². The molecule has 0 aliphatic carbocycles. The first-order valence-electron chi connectivity index (χ1n) is 4.76. The molecule has 0 saturated carbocycles. The Hall–Kier alpha value is -1.58. The average Bonchev–Trinajstić information content (AvgIpc) is 2.44. The molecular formula is C10H14N4. The number of nitrogens with zero attached hydrogens (tertiary/aromatic N) is 3. The molecule has 0 atom stereocenters. The van der Waals surface area contributed by atoms with Crippen molar-refractivity contribution in [1.82, 2.24) is 14.6 Å². The van der Waals surface area contributed by atoms with Crippen molar-refractivity contribution in [1.29, 1.82) is 0 Å². The van der Waals surface area contributed by atoms with Crippen molar-refractivity contribution in [3.63, 3.8) is 0 Å². The second-order valence-electron chi connectivity index (χ2n) is 3.85. The molecule has 0 spiro atoms. The summed E-state index contributed by atoms with van der Waals surface area (Å²) in [6, 6.07) is 1.85. The SMILES string of the molecule is CC(C)Cc1nn2cccnc2c1N. The minimum absolute atomic E-state index is 0.558.